The van der Waals surface area contributed by atoms with E-state index in [0.717, 1.165) is 0 Å². The van der Waals surface area contributed by atoms with E-state index in [9.17, 15) is 9.59 Å². The van der Waals surface area contributed by atoms with E-state index >= 15 is 0 Å². The average molecular weight is 288 g/mol. The molecular formula is C15H16N2O4. The van der Waals surface area contributed by atoms with Gasteiger partial charge in [-0.2, -0.15) is 0 Å². The van der Waals surface area contributed by atoms with Crippen molar-refractivity contribution in [2.75, 3.05) is 6.61 Å². The van der Waals surface area contributed by atoms with Gasteiger partial charge >= 0.3 is 0 Å². The maximum atomic E-state index is 11.9. The Labute approximate surface area is 122 Å². The highest BCUT2D eigenvalue weighted by Gasteiger charge is 2.12. The van der Waals surface area contributed by atoms with Gasteiger partial charge in [0.15, 0.2) is 0 Å². The molecule has 110 valence electrons. The maximum Gasteiger partial charge on any atom is 0.273 e. The highest BCUT2D eigenvalue weighted by Crippen LogP contribution is 2.12. The van der Waals surface area contributed by atoms with Crippen LogP contribution in [-0.2, 0) is 0 Å². The van der Waals surface area contributed by atoms with E-state index in [1.54, 1.807) is 31.2 Å². The zero-order chi connectivity index (χ0) is 15.2. The maximum absolute atomic E-state index is 11.9. The van der Waals surface area contributed by atoms with Gasteiger partial charge in [0.25, 0.3) is 11.8 Å². The van der Waals surface area contributed by atoms with Crippen LogP contribution in [-0.4, -0.2) is 18.4 Å². The lowest BCUT2D eigenvalue weighted by Crippen LogP contribution is -2.41. The molecule has 1 heterocycles. The van der Waals surface area contributed by atoms with Crippen molar-refractivity contribution in [1.29, 1.82) is 0 Å². The van der Waals surface area contributed by atoms with E-state index < -0.39 is 11.8 Å². The van der Waals surface area contributed by atoms with Crippen LogP contribution in [0.4, 0.5) is 0 Å². The third-order valence-corrected chi connectivity index (χ3v) is 2.82. The number of furan rings is 1. The van der Waals surface area contributed by atoms with E-state index in [0.29, 0.717) is 29.2 Å². The van der Waals surface area contributed by atoms with Crippen LogP contribution in [0.25, 0.3) is 0 Å². The van der Waals surface area contributed by atoms with Crippen molar-refractivity contribution in [2.45, 2.75) is 13.8 Å². The molecule has 2 aromatic rings. The summed E-state index contributed by atoms with van der Waals surface area (Å²) in [5, 5.41) is 0. The van der Waals surface area contributed by atoms with E-state index in [4.69, 9.17) is 9.15 Å². The monoisotopic (exact) mass is 288 g/mol. The summed E-state index contributed by atoms with van der Waals surface area (Å²) in [4.78, 5) is 23.7. The molecule has 0 fully saturated rings. The quantitative estimate of drug-likeness (QED) is 0.844. The molecule has 1 aromatic carbocycles. The van der Waals surface area contributed by atoms with Crippen molar-refractivity contribution in [3.8, 4) is 5.75 Å². The third-order valence-electron chi connectivity index (χ3n) is 2.82. The number of hydrogen-bond acceptors (Lipinski definition) is 4. The zero-order valence-electron chi connectivity index (χ0n) is 11.8. The lowest BCUT2D eigenvalue weighted by Gasteiger charge is -2.08. The summed E-state index contributed by atoms with van der Waals surface area (Å²) < 4.78 is 10.3. The second kappa shape index (κ2) is 6.60. The highest BCUT2D eigenvalue weighted by atomic mass is 16.5. The number of benzene rings is 1. The predicted molar refractivity (Wildman–Crippen MR) is 76.0 cm³/mol. The van der Waals surface area contributed by atoms with Crippen molar-refractivity contribution in [3.63, 3.8) is 0 Å². The number of aryl methyl sites for hydroxylation is 1. The van der Waals surface area contributed by atoms with Crippen molar-refractivity contribution < 1.29 is 18.7 Å². The summed E-state index contributed by atoms with van der Waals surface area (Å²) in [5.74, 6) is 0.336. The van der Waals surface area contributed by atoms with Crippen LogP contribution in [0.15, 0.2) is 41.0 Å². The summed E-state index contributed by atoms with van der Waals surface area (Å²) >= 11 is 0. The van der Waals surface area contributed by atoms with Gasteiger partial charge in [-0.3, -0.25) is 20.4 Å². The van der Waals surface area contributed by atoms with Gasteiger partial charge in [-0.05, 0) is 44.2 Å². The van der Waals surface area contributed by atoms with Crippen LogP contribution in [0.3, 0.4) is 0 Å². The molecule has 0 aliphatic heterocycles. The first kappa shape index (κ1) is 14.6. The molecule has 21 heavy (non-hydrogen) atoms. The number of hydrogen-bond donors (Lipinski definition) is 2. The van der Waals surface area contributed by atoms with Gasteiger partial charge in [-0.1, -0.05) is 0 Å². The molecule has 2 amide bonds. The fourth-order valence-electron chi connectivity index (χ4n) is 1.74. The highest BCUT2D eigenvalue weighted by molar-refractivity contribution is 5.99. The summed E-state index contributed by atoms with van der Waals surface area (Å²) in [6, 6.07) is 8.17. The number of rotatable bonds is 4. The number of ether oxygens (including phenoxy) is 1. The summed E-state index contributed by atoms with van der Waals surface area (Å²) in [7, 11) is 0. The number of nitrogens with one attached hydrogen (secondary N) is 2. The van der Waals surface area contributed by atoms with Crippen LogP contribution in [0.5, 0.6) is 5.75 Å². The van der Waals surface area contributed by atoms with Gasteiger partial charge in [-0.25, -0.2) is 0 Å². The minimum Gasteiger partial charge on any atom is -0.494 e. The fourth-order valence-corrected chi connectivity index (χ4v) is 1.74. The Hall–Kier alpha value is -2.76. The van der Waals surface area contributed by atoms with Crippen LogP contribution in [0.1, 0.15) is 33.4 Å². The summed E-state index contributed by atoms with van der Waals surface area (Å²) in [6.07, 6.45) is 1.42. The van der Waals surface area contributed by atoms with Crippen LogP contribution >= 0.6 is 0 Å². The molecule has 6 heteroatoms. The Balaban J connectivity index is 1.92. The molecular weight excluding hydrogens is 272 g/mol. The minimum atomic E-state index is -0.430. The molecule has 0 saturated heterocycles. The normalized spacial score (nSPS) is 10.0. The van der Waals surface area contributed by atoms with E-state index in [1.807, 2.05) is 6.92 Å². The average Bonchev–Trinajstić information content (AvgIpc) is 2.92. The molecule has 0 aliphatic carbocycles. The summed E-state index contributed by atoms with van der Waals surface area (Å²) in [6.45, 7) is 4.11. The Morgan fingerprint density at radius 2 is 1.76 bits per heavy atom. The lowest BCUT2D eigenvalue weighted by molar-refractivity contribution is 0.0845. The van der Waals surface area contributed by atoms with Crippen LogP contribution in [0, 0.1) is 6.92 Å². The van der Waals surface area contributed by atoms with Crippen LogP contribution in [0.2, 0.25) is 0 Å². The van der Waals surface area contributed by atoms with Gasteiger partial charge < -0.3 is 9.15 Å². The van der Waals surface area contributed by atoms with Crippen LogP contribution < -0.4 is 15.6 Å². The number of hydrazine groups is 1. The zero-order valence-corrected chi connectivity index (χ0v) is 11.8. The molecule has 0 saturated carbocycles. The molecule has 0 spiro atoms. The predicted octanol–water partition coefficient (Wildman–Crippen LogP) is 2.06. The summed E-state index contributed by atoms with van der Waals surface area (Å²) in [5.41, 5.74) is 5.47. The largest absolute Gasteiger partial charge is 0.494 e. The number of amides is 2. The Morgan fingerprint density at radius 3 is 2.33 bits per heavy atom. The molecule has 1 aromatic heterocycles. The molecule has 6 nitrogen and oxygen atoms in total. The third kappa shape index (κ3) is 3.62. The molecule has 2 rings (SSSR count). The second-order valence-electron chi connectivity index (χ2n) is 4.26. The van der Waals surface area contributed by atoms with Gasteiger partial charge in [0.2, 0.25) is 0 Å². The standard InChI is InChI=1S/C15H16N2O4/c1-3-20-12-6-4-11(5-7-12)14(18)16-17-15(19)13-8-9-21-10(13)2/h4-9H,3H2,1-2H3,(H,16,18)(H,17,19). The van der Waals surface area contributed by atoms with Gasteiger partial charge in [0.1, 0.15) is 11.5 Å². The first-order valence-corrected chi connectivity index (χ1v) is 6.49. The molecule has 0 atom stereocenters. The number of carbonyl (C=O) groups excluding carboxylic acids is 2. The molecule has 0 aliphatic rings. The van der Waals surface area contributed by atoms with Crippen molar-refractivity contribution in [1.82, 2.24) is 10.9 Å². The van der Waals surface area contributed by atoms with Gasteiger partial charge in [-0.15, -0.1) is 0 Å². The Morgan fingerprint density at radius 1 is 1.10 bits per heavy atom. The topological polar surface area (TPSA) is 80.6 Å². The van der Waals surface area contributed by atoms with Crippen molar-refractivity contribution >= 4 is 11.8 Å². The van der Waals surface area contributed by atoms with Crippen molar-refractivity contribution in [3.05, 3.63) is 53.5 Å². The van der Waals surface area contributed by atoms with E-state index in [-0.39, 0.29) is 0 Å². The first-order chi connectivity index (χ1) is 10.1. The molecule has 2 N–H and O–H groups in total. The Bertz CT molecular complexity index is 631. The smallest absolute Gasteiger partial charge is 0.273 e. The molecule has 0 unspecified atom stereocenters. The second-order valence-corrected chi connectivity index (χ2v) is 4.26. The molecule has 0 radical (unpaired) electrons. The van der Waals surface area contributed by atoms with E-state index in [2.05, 4.69) is 10.9 Å². The van der Waals surface area contributed by atoms with E-state index in [1.165, 1.54) is 12.3 Å². The lowest BCUT2D eigenvalue weighted by atomic mass is 10.2. The first-order valence-electron chi connectivity index (χ1n) is 6.49. The van der Waals surface area contributed by atoms with Gasteiger partial charge in [0, 0.05) is 5.56 Å². The van der Waals surface area contributed by atoms with Crippen molar-refractivity contribution in [2.24, 2.45) is 0 Å². The fraction of sp³-hybridized carbons (Fsp3) is 0.200. The molecule has 0 bridgehead atoms. The minimum absolute atomic E-state index is 0.377. The Kier molecular flexibility index (Phi) is 4.61. The SMILES string of the molecule is CCOc1ccc(C(=O)NNC(=O)c2ccoc2C)cc1. The number of carbonyl (C=O) groups is 2. The van der Waals surface area contributed by atoms with Gasteiger partial charge in [0.05, 0.1) is 18.4 Å².